The number of rotatable bonds is 3. The molecule has 2 aromatic rings. The van der Waals surface area contributed by atoms with Crippen LogP contribution >= 0.6 is 11.6 Å². The van der Waals surface area contributed by atoms with Gasteiger partial charge in [0.2, 0.25) is 0 Å². The van der Waals surface area contributed by atoms with Crippen LogP contribution in [0.4, 0.5) is 8.78 Å². The summed E-state index contributed by atoms with van der Waals surface area (Å²) in [5.74, 6) is -1.30. The minimum atomic E-state index is -3.76. The molecule has 2 fully saturated rings. The van der Waals surface area contributed by atoms with Gasteiger partial charge in [0, 0.05) is 35.1 Å². The van der Waals surface area contributed by atoms with E-state index in [2.05, 4.69) is 0 Å². The molecule has 3 atom stereocenters. The van der Waals surface area contributed by atoms with E-state index in [0.717, 1.165) is 17.7 Å². The summed E-state index contributed by atoms with van der Waals surface area (Å²) >= 11 is 6.06. The SMILES string of the molecule is C.CCN1CC[C@@H]2CC[C@@]3(Cc4ccc(Cl)cc4)c4c(F)ccc(F)c4OC[C@H]3N2S1(=O)=O. The highest BCUT2D eigenvalue weighted by molar-refractivity contribution is 7.86. The fraction of sp³-hybridized carbons (Fsp3) is 0.500. The zero-order valence-electron chi connectivity index (χ0n) is 17.7. The number of fused-ring (bicyclic) bond motifs is 5. The van der Waals surface area contributed by atoms with E-state index in [1.807, 2.05) is 19.1 Å². The molecule has 2 saturated heterocycles. The zero-order chi connectivity index (χ0) is 22.7. The first kappa shape index (κ1) is 24.4. The van der Waals surface area contributed by atoms with E-state index in [-0.39, 0.29) is 31.4 Å². The van der Waals surface area contributed by atoms with Crippen LogP contribution in [0.25, 0.3) is 0 Å². The molecular formula is C24H29ClF2N2O3S. The largest absolute Gasteiger partial charge is 0.488 e. The van der Waals surface area contributed by atoms with Gasteiger partial charge in [-0.3, -0.25) is 0 Å². The van der Waals surface area contributed by atoms with Gasteiger partial charge in [-0.15, -0.1) is 0 Å². The average Bonchev–Trinajstić information content (AvgIpc) is 2.77. The van der Waals surface area contributed by atoms with Gasteiger partial charge in [0.05, 0.1) is 6.04 Å². The lowest BCUT2D eigenvalue weighted by Gasteiger charge is -2.57. The van der Waals surface area contributed by atoms with Crippen LogP contribution in [0.2, 0.25) is 5.02 Å². The number of piperidine rings is 1. The molecule has 2 aromatic carbocycles. The molecule has 3 aliphatic heterocycles. The molecule has 0 aliphatic carbocycles. The van der Waals surface area contributed by atoms with Crippen molar-refractivity contribution < 1.29 is 21.9 Å². The van der Waals surface area contributed by atoms with Gasteiger partial charge >= 0.3 is 0 Å². The molecule has 180 valence electrons. The summed E-state index contributed by atoms with van der Waals surface area (Å²) in [5.41, 5.74) is 0.0792. The fourth-order valence-corrected chi connectivity index (χ4v) is 8.01. The number of halogens is 3. The molecule has 0 amide bonds. The van der Waals surface area contributed by atoms with Gasteiger partial charge in [0.1, 0.15) is 12.4 Å². The Labute approximate surface area is 199 Å². The third-order valence-corrected chi connectivity index (χ3v) is 9.69. The van der Waals surface area contributed by atoms with E-state index in [1.165, 1.54) is 8.61 Å². The van der Waals surface area contributed by atoms with Crippen molar-refractivity contribution in [2.24, 2.45) is 0 Å². The van der Waals surface area contributed by atoms with Crippen LogP contribution in [0.15, 0.2) is 36.4 Å². The first-order chi connectivity index (χ1) is 15.3. The number of ether oxygens (including phenoxy) is 1. The summed E-state index contributed by atoms with van der Waals surface area (Å²) in [6.07, 6.45) is 2.19. The van der Waals surface area contributed by atoms with Crippen molar-refractivity contribution >= 4 is 21.8 Å². The Morgan fingerprint density at radius 3 is 2.52 bits per heavy atom. The lowest BCUT2D eigenvalue weighted by atomic mass is 9.63. The number of nitrogens with zero attached hydrogens (tertiary/aromatic N) is 2. The first-order valence-corrected chi connectivity index (χ1v) is 12.7. The van der Waals surface area contributed by atoms with Crippen LogP contribution in [0, 0.1) is 11.6 Å². The van der Waals surface area contributed by atoms with E-state index >= 15 is 4.39 Å². The van der Waals surface area contributed by atoms with Crippen molar-refractivity contribution in [2.75, 3.05) is 19.7 Å². The molecule has 0 aromatic heterocycles. The van der Waals surface area contributed by atoms with Crippen molar-refractivity contribution in [3.63, 3.8) is 0 Å². The van der Waals surface area contributed by atoms with Gasteiger partial charge < -0.3 is 4.74 Å². The Kier molecular flexibility index (Phi) is 6.50. The maximum absolute atomic E-state index is 15.3. The minimum absolute atomic E-state index is 0. The lowest BCUT2D eigenvalue weighted by molar-refractivity contribution is 0.0125. The van der Waals surface area contributed by atoms with Crippen LogP contribution in [0.3, 0.4) is 0 Å². The van der Waals surface area contributed by atoms with Gasteiger partial charge in [-0.25, -0.2) is 8.78 Å². The molecule has 0 radical (unpaired) electrons. The monoisotopic (exact) mass is 498 g/mol. The van der Waals surface area contributed by atoms with Crippen LogP contribution in [-0.4, -0.2) is 48.8 Å². The van der Waals surface area contributed by atoms with Gasteiger partial charge in [-0.1, -0.05) is 38.1 Å². The molecule has 0 spiro atoms. The highest BCUT2D eigenvalue weighted by atomic mass is 35.5. The third-order valence-electron chi connectivity index (χ3n) is 7.26. The molecule has 3 heterocycles. The van der Waals surface area contributed by atoms with Crippen LogP contribution in [0.1, 0.15) is 44.7 Å². The standard InChI is InChI=1S/C23H25ClF2N2O3S.CH4/c1-2-27-12-10-17-9-11-23(13-15-3-5-16(24)6-4-15)20(28(17)32(27,29)30)14-31-22-19(26)8-7-18(25)21(22)23;/h3-8,17,20H,2,9-14H2,1H3;1H4/t17-,20+,23-;/m0./s1. The second-order valence-corrected chi connectivity index (χ2v) is 11.1. The normalized spacial score (nSPS) is 28.6. The quantitative estimate of drug-likeness (QED) is 0.603. The minimum Gasteiger partial charge on any atom is -0.488 e. The molecule has 5 nitrogen and oxygen atoms in total. The molecule has 0 saturated carbocycles. The van der Waals surface area contributed by atoms with E-state index in [9.17, 15) is 12.8 Å². The number of benzene rings is 2. The van der Waals surface area contributed by atoms with Gasteiger partial charge in [-0.2, -0.15) is 17.0 Å². The summed E-state index contributed by atoms with van der Waals surface area (Å²) < 4.78 is 65.9. The first-order valence-electron chi connectivity index (χ1n) is 10.9. The van der Waals surface area contributed by atoms with Crippen LogP contribution in [-0.2, 0) is 22.0 Å². The smallest absolute Gasteiger partial charge is 0.282 e. The van der Waals surface area contributed by atoms with Gasteiger partial charge in [0.15, 0.2) is 11.6 Å². The molecule has 0 N–H and O–H groups in total. The molecule has 0 bridgehead atoms. The molecular weight excluding hydrogens is 470 g/mol. The van der Waals surface area contributed by atoms with E-state index < -0.39 is 33.3 Å². The van der Waals surface area contributed by atoms with E-state index in [4.69, 9.17) is 16.3 Å². The van der Waals surface area contributed by atoms with Crippen molar-refractivity contribution in [3.8, 4) is 5.75 Å². The maximum Gasteiger partial charge on any atom is 0.282 e. The molecule has 0 unspecified atom stereocenters. The Hall–Kier alpha value is -1.74. The Morgan fingerprint density at radius 2 is 1.82 bits per heavy atom. The van der Waals surface area contributed by atoms with Gasteiger partial charge in [-0.05, 0) is 55.5 Å². The maximum atomic E-state index is 15.3. The van der Waals surface area contributed by atoms with Crippen LogP contribution in [0.5, 0.6) is 5.75 Å². The lowest BCUT2D eigenvalue weighted by Crippen LogP contribution is -2.69. The summed E-state index contributed by atoms with van der Waals surface area (Å²) in [6, 6.07) is 8.59. The predicted octanol–water partition coefficient (Wildman–Crippen LogP) is 4.93. The Bertz CT molecular complexity index is 1150. The van der Waals surface area contributed by atoms with Crippen molar-refractivity contribution in [1.82, 2.24) is 8.61 Å². The predicted molar refractivity (Wildman–Crippen MR) is 125 cm³/mol. The molecule has 5 rings (SSSR count). The Balaban J connectivity index is 0.00000259. The third kappa shape index (κ3) is 3.75. The fourth-order valence-electron chi connectivity index (χ4n) is 5.79. The van der Waals surface area contributed by atoms with Crippen molar-refractivity contribution in [1.29, 1.82) is 0 Å². The summed E-state index contributed by atoms with van der Waals surface area (Å²) in [6.45, 7) is 2.62. The van der Waals surface area contributed by atoms with Crippen LogP contribution < -0.4 is 4.74 Å². The van der Waals surface area contributed by atoms with Gasteiger partial charge in [0.25, 0.3) is 10.2 Å². The highest BCUT2D eigenvalue weighted by Gasteiger charge is 2.59. The summed E-state index contributed by atoms with van der Waals surface area (Å²) in [7, 11) is -3.76. The second kappa shape index (κ2) is 8.80. The molecule has 33 heavy (non-hydrogen) atoms. The highest BCUT2D eigenvalue weighted by Crippen LogP contribution is 2.53. The average molecular weight is 499 g/mol. The number of hydrogen-bond donors (Lipinski definition) is 0. The molecule has 3 aliphatic rings. The summed E-state index contributed by atoms with van der Waals surface area (Å²) in [4.78, 5) is 0. The second-order valence-electron chi connectivity index (χ2n) is 8.83. The van der Waals surface area contributed by atoms with E-state index in [1.54, 1.807) is 12.1 Å². The van der Waals surface area contributed by atoms with Crippen molar-refractivity contribution in [3.05, 3.63) is 64.2 Å². The number of hydrogen-bond acceptors (Lipinski definition) is 3. The van der Waals surface area contributed by atoms with E-state index in [0.29, 0.717) is 43.8 Å². The van der Waals surface area contributed by atoms with Crippen molar-refractivity contribution in [2.45, 2.75) is 57.5 Å². The zero-order valence-corrected chi connectivity index (χ0v) is 19.3. The Morgan fingerprint density at radius 1 is 1.12 bits per heavy atom. The summed E-state index contributed by atoms with van der Waals surface area (Å²) in [5, 5.41) is 0.577. The molecule has 9 heteroatoms. The topological polar surface area (TPSA) is 49.9 Å².